The molecule has 1 aliphatic rings. The summed E-state index contributed by atoms with van der Waals surface area (Å²) in [6, 6.07) is 50.2. The van der Waals surface area contributed by atoms with Crippen LogP contribution in [0, 0.1) is 0 Å². The van der Waals surface area contributed by atoms with Crippen molar-refractivity contribution < 1.29 is 0 Å². The third-order valence-corrected chi connectivity index (χ3v) is 10.8. The second-order valence-corrected chi connectivity index (χ2v) is 13.2. The summed E-state index contributed by atoms with van der Waals surface area (Å²) in [5.41, 5.74) is 11.1. The van der Waals surface area contributed by atoms with Crippen LogP contribution in [0.15, 0.2) is 140 Å². The highest BCUT2D eigenvalue weighted by Crippen LogP contribution is 2.54. The van der Waals surface area contributed by atoms with E-state index >= 15 is 0 Å². The Morgan fingerprint density at radius 3 is 2.11 bits per heavy atom. The zero-order valence-electron chi connectivity index (χ0n) is 24.5. The van der Waals surface area contributed by atoms with Gasteiger partial charge in [-0.1, -0.05) is 109 Å². The van der Waals surface area contributed by atoms with E-state index in [9.17, 15) is 0 Å². The second kappa shape index (κ2) is 8.87. The van der Waals surface area contributed by atoms with Crippen LogP contribution in [0.25, 0.3) is 103 Å². The standard InChI is InChI=1S/C42H23N3S/c1-2-11-25(12-3-1)41-42(44-31-19-8-7-18-30(31)43-41)45-32-22-21-24-13-10-17-27-26-14-4-5-15-28(26)38-37-29-16-6-9-20-34(29)46-35(37)23-33(45)40(38)39(32)36(24)27/h1-23H. The summed E-state index contributed by atoms with van der Waals surface area (Å²) >= 11 is 1.87. The minimum Gasteiger partial charge on any atom is -0.292 e. The van der Waals surface area contributed by atoms with Crippen molar-refractivity contribution in [3.8, 4) is 39.3 Å². The van der Waals surface area contributed by atoms with Crippen molar-refractivity contribution in [2.45, 2.75) is 0 Å². The third-order valence-electron chi connectivity index (χ3n) is 9.70. The van der Waals surface area contributed by atoms with E-state index in [-0.39, 0.29) is 0 Å². The van der Waals surface area contributed by atoms with Crippen LogP contribution in [0.5, 0.6) is 0 Å². The fraction of sp³-hybridized carbons (Fsp3) is 0. The zero-order chi connectivity index (χ0) is 29.9. The molecule has 4 heteroatoms. The fourth-order valence-corrected chi connectivity index (χ4v) is 8.98. The van der Waals surface area contributed by atoms with Gasteiger partial charge in [0.25, 0.3) is 0 Å². The van der Waals surface area contributed by atoms with Crippen LogP contribution in [-0.4, -0.2) is 14.5 Å². The van der Waals surface area contributed by atoms with Crippen molar-refractivity contribution in [2.24, 2.45) is 0 Å². The van der Waals surface area contributed by atoms with Crippen LogP contribution in [-0.2, 0) is 0 Å². The minimum absolute atomic E-state index is 0.849. The molecule has 0 fully saturated rings. The predicted molar refractivity (Wildman–Crippen MR) is 194 cm³/mol. The van der Waals surface area contributed by atoms with Gasteiger partial charge in [0, 0.05) is 42.1 Å². The molecule has 10 aromatic rings. The molecule has 46 heavy (non-hydrogen) atoms. The molecule has 0 unspecified atom stereocenters. The fourth-order valence-electron chi connectivity index (χ4n) is 7.83. The van der Waals surface area contributed by atoms with Gasteiger partial charge in [-0.25, -0.2) is 9.97 Å². The van der Waals surface area contributed by atoms with Gasteiger partial charge in [0.1, 0.15) is 5.69 Å². The highest BCUT2D eigenvalue weighted by Gasteiger charge is 2.29. The molecule has 0 spiro atoms. The third kappa shape index (κ3) is 3.11. The number of hydrogen-bond donors (Lipinski definition) is 0. The number of rotatable bonds is 2. The van der Waals surface area contributed by atoms with Gasteiger partial charge in [0.15, 0.2) is 5.82 Å². The van der Waals surface area contributed by atoms with Gasteiger partial charge in [0.05, 0.1) is 22.1 Å². The molecule has 0 bridgehead atoms. The van der Waals surface area contributed by atoms with Crippen LogP contribution in [0.3, 0.4) is 0 Å². The van der Waals surface area contributed by atoms with Crippen LogP contribution < -0.4 is 0 Å². The van der Waals surface area contributed by atoms with Crippen LogP contribution >= 0.6 is 11.3 Å². The van der Waals surface area contributed by atoms with Gasteiger partial charge in [-0.05, 0) is 57.8 Å². The van der Waals surface area contributed by atoms with Gasteiger partial charge in [-0.3, -0.25) is 4.57 Å². The summed E-state index contributed by atoms with van der Waals surface area (Å²) in [5.74, 6) is 0.849. The molecular weight excluding hydrogens is 579 g/mol. The molecule has 0 N–H and O–H groups in total. The molecule has 7 aromatic carbocycles. The van der Waals surface area contributed by atoms with E-state index in [1.54, 1.807) is 0 Å². The lowest BCUT2D eigenvalue weighted by Crippen LogP contribution is -2.04. The van der Waals surface area contributed by atoms with E-state index in [0.717, 1.165) is 39.1 Å². The monoisotopic (exact) mass is 601 g/mol. The lowest BCUT2D eigenvalue weighted by molar-refractivity contribution is 1.08. The number of para-hydroxylation sites is 2. The lowest BCUT2D eigenvalue weighted by atomic mass is 9.91. The smallest absolute Gasteiger partial charge is 0.165 e. The maximum absolute atomic E-state index is 5.42. The van der Waals surface area contributed by atoms with E-state index in [0.29, 0.717) is 0 Å². The SMILES string of the molecule is c1ccc(-c2nc3ccccc3nc2-n2c3cc4sc5ccccc5c4c4c3c3c5c(cccc5ccc32)-c2ccccc2-4)cc1. The van der Waals surface area contributed by atoms with Crippen molar-refractivity contribution in [3.63, 3.8) is 0 Å². The first kappa shape index (κ1) is 24.5. The number of hydrogen-bond acceptors (Lipinski definition) is 3. The maximum Gasteiger partial charge on any atom is 0.165 e. The minimum atomic E-state index is 0.849. The molecule has 0 saturated heterocycles. The topological polar surface area (TPSA) is 30.7 Å². The molecule has 3 nitrogen and oxygen atoms in total. The van der Waals surface area contributed by atoms with Crippen LogP contribution in [0.4, 0.5) is 0 Å². The largest absolute Gasteiger partial charge is 0.292 e. The van der Waals surface area contributed by atoms with E-state index in [2.05, 4.69) is 132 Å². The van der Waals surface area contributed by atoms with Gasteiger partial charge in [-0.2, -0.15) is 0 Å². The summed E-state index contributed by atoms with van der Waals surface area (Å²) in [7, 11) is 0. The van der Waals surface area contributed by atoms with Gasteiger partial charge < -0.3 is 0 Å². The zero-order valence-corrected chi connectivity index (χ0v) is 25.3. The first-order chi connectivity index (χ1) is 22.8. The number of fused-ring (bicyclic) bond motifs is 8. The van der Waals surface area contributed by atoms with Crippen LogP contribution in [0.2, 0.25) is 0 Å². The Kier molecular flexibility index (Phi) is 4.72. The molecule has 212 valence electrons. The Morgan fingerprint density at radius 2 is 1.22 bits per heavy atom. The average molecular weight is 602 g/mol. The van der Waals surface area contributed by atoms with Crippen molar-refractivity contribution in [1.82, 2.24) is 14.5 Å². The highest BCUT2D eigenvalue weighted by atomic mass is 32.1. The van der Waals surface area contributed by atoms with Gasteiger partial charge in [-0.15, -0.1) is 11.3 Å². The summed E-state index contributed by atoms with van der Waals surface area (Å²) in [6.07, 6.45) is 0. The first-order valence-corrected chi connectivity index (χ1v) is 16.4. The Bertz CT molecular complexity index is 2910. The summed E-state index contributed by atoms with van der Waals surface area (Å²) in [6.45, 7) is 0. The van der Waals surface area contributed by atoms with E-state index in [1.165, 1.54) is 64.0 Å². The Labute approximate surface area is 267 Å². The van der Waals surface area contributed by atoms with Gasteiger partial charge in [0.2, 0.25) is 0 Å². The average Bonchev–Trinajstić information content (AvgIpc) is 3.61. The first-order valence-electron chi connectivity index (χ1n) is 15.6. The molecule has 3 aromatic heterocycles. The number of benzene rings is 7. The maximum atomic E-state index is 5.42. The Hall–Kier alpha value is -5.84. The molecule has 0 radical (unpaired) electrons. The predicted octanol–water partition coefficient (Wildman–Crippen LogP) is 11.6. The van der Waals surface area contributed by atoms with Crippen molar-refractivity contribution in [3.05, 3.63) is 140 Å². The second-order valence-electron chi connectivity index (χ2n) is 12.1. The summed E-state index contributed by atoms with van der Waals surface area (Å²) < 4.78 is 4.97. The van der Waals surface area contributed by atoms with Crippen molar-refractivity contribution in [1.29, 1.82) is 0 Å². The number of nitrogens with zero attached hydrogens (tertiary/aromatic N) is 3. The molecular formula is C42H23N3S. The molecule has 3 heterocycles. The lowest BCUT2D eigenvalue weighted by Gasteiger charge is -2.16. The number of aromatic nitrogens is 3. The van der Waals surface area contributed by atoms with E-state index < -0.39 is 0 Å². The molecule has 0 aliphatic heterocycles. The van der Waals surface area contributed by atoms with E-state index in [1.807, 2.05) is 23.5 Å². The molecule has 11 rings (SSSR count). The van der Waals surface area contributed by atoms with Crippen molar-refractivity contribution in [2.75, 3.05) is 0 Å². The van der Waals surface area contributed by atoms with Crippen molar-refractivity contribution >= 4 is 75.1 Å². The number of thiophene rings is 1. The molecule has 0 saturated carbocycles. The molecule has 0 amide bonds. The summed E-state index contributed by atoms with van der Waals surface area (Å²) in [5, 5.41) is 7.74. The quantitative estimate of drug-likeness (QED) is 0.197. The summed E-state index contributed by atoms with van der Waals surface area (Å²) in [4.78, 5) is 10.7. The molecule has 0 atom stereocenters. The Balaban J connectivity index is 1.44. The normalized spacial score (nSPS) is 12.3. The van der Waals surface area contributed by atoms with Gasteiger partial charge >= 0.3 is 0 Å². The Morgan fingerprint density at radius 1 is 0.478 bits per heavy atom. The molecule has 1 aliphatic carbocycles. The highest BCUT2D eigenvalue weighted by molar-refractivity contribution is 7.26. The van der Waals surface area contributed by atoms with Crippen LogP contribution in [0.1, 0.15) is 0 Å². The van der Waals surface area contributed by atoms with E-state index in [4.69, 9.17) is 9.97 Å².